The van der Waals surface area contributed by atoms with E-state index < -0.39 is 10.7 Å². The first kappa shape index (κ1) is 11.7. The van der Waals surface area contributed by atoms with Gasteiger partial charge in [-0.1, -0.05) is 0 Å². The number of nitrogen functional groups attached to an aromatic ring is 1. The number of benzene rings is 1. The number of nitrogens with one attached hydrogen (secondary N) is 1. The molecule has 0 atom stereocenters. The van der Waals surface area contributed by atoms with Crippen molar-refractivity contribution < 1.29 is 9.31 Å². The van der Waals surface area contributed by atoms with Gasteiger partial charge in [-0.05, 0) is 24.3 Å². The summed E-state index contributed by atoms with van der Waals surface area (Å²) < 4.78 is 12.7. The fourth-order valence-electron chi connectivity index (χ4n) is 1.28. The summed E-state index contributed by atoms with van der Waals surface area (Å²) in [4.78, 5) is 17.4. The largest absolute Gasteiger partial charge is 0.368 e. The molecule has 2 aromatic rings. The summed E-state index contributed by atoms with van der Waals surface area (Å²) in [5.74, 6) is -0.540. The molecule has 0 aliphatic carbocycles. The van der Waals surface area contributed by atoms with Crippen molar-refractivity contribution in [2.75, 3.05) is 11.1 Å². The number of aromatic nitrogens is 2. The molecule has 0 aliphatic heterocycles. The van der Waals surface area contributed by atoms with E-state index >= 15 is 0 Å². The van der Waals surface area contributed by atoms with Crippen LogP contribution in [0, 0.1) is 15.9 Å². The van der Waals surface area contributed by atoms with Gasteiger partial charge in [0.05, 0.1) is 4.92 Å². The molecule has 0 unspecified atom stereocenters. The lowest BCUT2D eigenvalue weighted by Gasteiger charge is -2.06. The Bertz CT molecular complexity index is 587. The number of nitrogens with two attached hydrogens (primary N) is 1. The molecule has 0 fully saturated rings. The molecule has 0 radical (unpaired) electrons. The quantitative estimate of drug-likeness (QED) is 0.635. The predicted octanol–water partition coefficient (Wildman–Crippen LogP) is 1.85. The van der Waals surface area contributed by atoms with Crippen molar-refractivity contribution in [1.82, 2.24) is 9.97 Å². The lowest BCUT2D eigenvalue weighted by Crippen LogP contribution is -2.04. The van der Waals surface area contributed by atoms with Crippen molar-refractivity contribution in [3.8, 4) is 0 Å². The molecular weight excluding hydrogens is 241 g/mol. The average molecular weight is 249 g/mol. The van der Waals surface area contributed by atoms with E-state index in [1.165, 1.54) is 24.3 Å². The second-order valence-electron chi connectivity index (χ2n) is 3.35. The molecule has 0 saturated heterocycles. The number of hydrogen-bond acceptors (Lipinski definition) is 6. The van der Waals surface area contributed by atoms with Gasteiger partial charge in [0.1, 0.15) is 12.0 Å². The van der Waals surface area contributed by atoms with E-state index in [1.54, 1.807) is 0 Å². The number of nitro groups is 1. The molecule has 3 N–H and O–H groups in total. The Balaban J connectivity index is 2.35. The molecule has 0 spiro atoms. The summed E-state index contributed by atoms with van der Waals surface area (Å²) in [5.41, 5.74) is 5.51. The normalized spacial score (nSPS) is 10.1. The van der Waals surface area contributed by atoms with Gasteiger partial charge in [0.2, 0.25) is 11.8 Å². The third kappa shape index (κ3) is 2.48. The Hall–Kier alpha value is -2.77. The molecule has 0 bridgehead atoms. The highest BCUT2D eigenvalue weighted by atomic mass is 19.1. The SMILES string of the molecule is Nc1ncc([N+](=O)[O-])c(Nc2ccc(F)cc2)n1. The molecule has 8 heteroatoms. The van der Waals surface area contributed by atoms with Crippen molar-refractivity contribution >= 4 is 23.1 Å². The van der Waals surface area contributed by atoms with E-state index in [9.17, 15) is 14.5 Å². The predicted molar refractivity (Wildman–Crippen MR) is 62.8 cm³/mol. The highest BCUT2D eigenvalue weighted by molar-refractivity contribution is 5.65. The lowest BCUT2D eigenvalue weighted by atomic mass is 10.3. The van der Waals surface area contributed by atoms with Crippen LogP contribution >= 0.6 is 0 Å². The third-order valence-electron chi connectivity index (χ3n) is 2.09. The summed E-state index contributed by atoms with van der Waals surface area (Å²) in [5, 5.41) is 13.4. The molecule has 0 aliphatic rings. The molecule has 2 rings (SSSR count). The average Bonchev–Trinajstić information content (AvgIpc) is 2.32. The summed E-state index contributed by atoms with van der Waals surface area (Å²) in [6.07, 6.45) is 1.01. The van der Waals surface area contributed by atoms with Gasteiger partial charge in [0, 0.05) is 5.69 Å². The van der Waals surface area contributed by atoms with Gasteiger partial charge >= 0.3 is 5.69 Å². The van der Waals surface area contributed by atoms with Crippen LogP contribution < -0.4 is 11.1 Å². The molecule has 0 amide bonds. The summed E-state index contributed by atoms with van der Waals surface area (Å²) >= 11 is 0. The van der Waals surface area contributed by atoms with E-state index in [4.69, 9.17) is 5.73 Å². The van der Waals surface area contributed by atoms with Crippen LogP contribution in [0.1, 0.15) is 0 Å². The van der Waals surface area contributed by atoms with E-state index in [-0.39, 0.29) is 17.5 Å². The van der Waals surface area contributed by atoms with Gasteiger partial charge in [-0.15, -0.1) is 0 Å². The van der Waals surface area contributed by atoms with Crippen LogP contribution in [0.5, 0.6) is 0 Å². The molecule has 0 saturated carbocycles. The first-order chi connectivity index (χ1) is 8.56. The Morgan fingerprint density at radius 1 is 1.33 bits per heavy atom. The van der Waals surface area contributed by atoms with Gasteiger partial charge in [0.25, 0.3) is 0 Å². The highest BCUT2D eigenvalue weighted by Crippen LogP contribution is 2.24. The topological polar surface area (TPSA) is 107 Å². The second kappa shape index (κ2) is 4.62. The summed E-state index contributed by atoms with van der Waals surface area (Å²) in [6, 6.07) is 5.30. The molecule has 92 valence electrons. The first-order valence-electron chi connectivity index (χ1n) is 4.86. The van der Waals surface area contributed by atoms with Crippen LogP contribution in [0.15, 0.2) is 30.5 Å². The van der Waals surface area contributed by atoms with Crippen LogP contribution in [0.2, 0.25) is 0 Å². The van der Waals surface area contributed by atoms with E-state index in [0.29, 0.717) is 5.69 Å². The zero-order valence-corrected chi connectivity index (χ0v) is 9.00. The molecule has 18 heavy (non-hydrogen) atoms. The van der Waals surface area contributed by atoms with Crippen molar-refractivity contribution in [2.24, 2.45) is 0 Å². The van der Waals surface area contributed by atoms with Crippen molar-refractivity contribution in [3.63, 3.8) is 0 Å². The second-order valence-corrected chi connectivity index (χ2v) is 3.35. The minimum atomic E-state index is -0.634. The first-order valence-corrected chi connectivity index (χ1v) is 4.86. The van der Waals surface area contributed by atoms with E-state index in [0.717, 1.165) is 6.20 Å². The van der Waals surface area contributed by atoms with E-state index in [1.807, 2.05) is 0 Å². The van der Waals surface area contributed by atoms with Gasteiger partial charge < -0.3 is 11.1 Å². The smallest absolute Gasteiger partial charge is 0.329 e. The van der Waals surface area contributed by atoms with Gasteiger partial charge in [-0.2, -0.15) is 4.98 Å². The zero-order chi connectivity index (χ0) is 13.1. The highest BCUT2D eigenvalue weighted by Gasteiger charge is 2.16. The molecule has 1 heterocycles. The van der Waals surface area contributed by atoms with Crippen LogP contribution in [0.4, 0.5) is 27.5 Å². The zero-order valence-electron chi connectivity index (χ0n) is 9.00. The maximum Gasteiger partial charge on any atom is 0.329 e. The molecular formula is C10H8FN5O2. The van der Waals surface area contributed by atoms with Crippen molar-refractivity contribution in [3.05, 3.63) is 46.4 Å². The Morgan fingerprint density at radius 2 is 2.00 bits per heavy atom. The van der Waals surface area contributed by atoms with E-state index in [2.05, 4.69) is 15.3 Å². The maximum absolute atomic E-state index is 12.7. The Kier molecular flexibility index (Phi) is 3.00. The number of anilines is 3. The maximum atomic E-state index is 12.7. The van der Waals surface area contributed by atoms with Crippen molar-refractivity contribution in [1.29, 1.82) is 0 Å². The standard InChI is InChI=1S/C10H8FN5O2/c11-6-1-3-7(4-2-6)14-9-8(16(17)18)5-13-10(12)15-9/h1-5H,(H3,12,13,14,15). The van der Waals surface area contributed by atoms with Crippen LogP contribution in [0.3, 0.4) is 0 Å². The molecule has 1 aromatic carbocycles. The monoisotopic (exact) mass is 249 g/mol. The van der Waals surface area contributed by atoms with Crippen LogP contribution in [-0.4, -0.2) is 14.9 Å². The summed E-state index contributed by atoms with van der Waals surface area (Å²) in [7, 11) is 0. The number of hydrogen-bond donors (Lipinski definition) is 2. The lowest BCUT2D eigenvalue weighted by molar-refractivity contribution is -0.384. The third-order valence-corrected chi connectivity index (χ3v) is 2.09. The number of nitrogens with zero attached hydrogens (tertiary/aromatic N) is 3. The van der Waals surface area contributed by atoms with Crippen LogP contribution in [-0.2, 0) is 0 Å². The molecule has 7 nitrogen and oxygen atoms in total. The van der Waals surface area contributed by atoms with Gasteiger partial charge in [-0.3, -0.25) is 10.1 Å². The number of halogens is 1. The summed E-state index contributed by atoms with van der Waals surface area (Å²) in [6.45, 7) is 0. The fraction of sp³-hybridized carbons (Fsp3) is 0. The fourth-order valence-corrected chi connectivity index (χ4v) is 1.28. The van der Waals surface area contributed by atoms with Crippen molar-refractivity contribution in [2.45, 2.75) is 0 Å². The van der Waals surface area contributed by atoms with Crippen LogP contribution in [0.25, 0.3) is 0 Å². The molecule has 1 aromatic heterocycles. The number of rotatable bonds is 3. The Morgan fingerprint density at radius 3 is 2.61 bits per heavy atom. The minimum absolute atomic E-state index is 0.0425. The Labute approximate surface area is 101 Å². The van der Waals surface area contributed by atoms with Gasteiger partial charge in [-0.25, -0.2) is 9.37 Å². The van der Waals surface area contributed by atoms with Gasteiger partial charge in [0.15, 0.2) is 0 Å². The minimum Gasteiger partial charge on any atom is -0.368 e.